The zero-order chi connectivity index (χ0) is 20.3. The standard InChI is InChI=1S/C23H34OSi3/c1-23(2,19-20-25(3,4)5)24-27(26(6,7)8,21-15-11-9-12-16-21)22-17-13-10-14-18-22/h9-18H,1-8H3. The molecule has 0 unspecified atom stereocenters. The van der Waals surface area contributed by atoms with E-state index >= 15 is 0 Å². The van der Waals surface area contributed by atoms with E-state index in [1.54, 1.807) is 0 Å². The smallest absolute Gasteiger partial charge is 0.241 e. The third-order valence-electron chi connectivity index (χ3n) is 4.56. The van der Waals surface area contributed by atoms with Gasteiger partial charge in [0.05, 0.1) is 7.59 Å². The summed E-state index contributed by atoms with van der Waals surface area (Å²) in [5.74, 6) is 3.51. The van der Waals surface area contributed by atoms with Crippen LogP contribution in [0.25, 0.3) is 0 Å². The largest absolute Gasteiger partial charge is 0.395 e. The Morgan fingerprint density at radius 2 is 1.11 bits per heavy atom. The van der Waals surface area contributed by atoms with Crippen molar-refractivity contribution in [3.63, 3.8) is 0 Å². The summed E-state index contributed by atoms with van der Waals surface area (Å²) in [7, 11) is -5.63. The predicted octanol–water partition coefficient (Wildman–Crippen LogP) is 4.84. The van der Waals surface area contributed by atoms with E-state index in [2.05, 4.69) is 125 Å². The first-order valence-corrected chi connectivity index (χ1v) is 19.6. The van der Waals surface area contributed by atoms with Crippen molar-refractivity contribution < 1.29 is 4.43 Å². The van der Waals surface area contributed by atoms with E-state index in [1.807, 2.05) is 0 Å². The van der Waals surface area contributed by atoms with Gasteiger partial charge in [0.25, 0.3) is 0 Å². The van der Waals surface area contributed by atoms with Gasteiger partial charge >= 0.3 is 0 Å². The second kappa shape index (κ2) is 7.92. The molecule has 2 rings (SSSR count). The fourth-order valence-electron chi connectivity index (χ4n) is 3.40. The maximum absolute atomic E-state index is 7.21. The summed E-state index contributed by atoms with van der Waals surface area (Å²) >= 11 is 0. The summed E-state index contributed by atoms with van der Waals surface area (Å²) in [6.45, 7) is 18.5. The molecule has 1 nitrogen and oxygen atoms in total. The summed E-state index contributed by atoms with van der Waals surface area (Å²) in [5.41, 5.74) is 3.07. The predicted molar refractivity (Wildman–Crippen MR) is 128 cm³/mol. The van der Waals surface area contributed by atoms with Crippen LogP contribution in [0.3, 0.4) is 0 Å². The average molecular weight is 411 g/mol. The highest BCUT2D eigenvalue weighted by atomic mass is 29.3. The van der Waals surface area contributed by atoms with E-state index in [1.165, 1.54) is 10.4 Å². The molecule has 0 fully saturated rings. The number of hydrogen-bond donors (Lipinski definition) is 0. The minimum Gasteiger partial charge on any atom is -0.395 e. The molecule has 0 aliphatic heterocycles. The topological polar surface area (TPSA) is 9.23 Å². The summed E-state index contributed by atoms with van der Waals surface area (Å²) < 4.78 is 7.21. The first-order chi connectivity index (χ1) is 12.4. The highest BCUT2D eigenvalue weighted by Crippen LogP contribution is 2.26. The molecule has 0 spiro atoms. The Balaban J connectivity index is 2.71. The highest BCUT2D eigenvalue weighted by molar-refractivity contribution is 7.48. The second-order valence-electron chi connectivity index (χ2n) is 9.78. The molecular weight excluding hydrogens is 377 g/mol. The fourth-order valence-corrected chi connectivity index (χ4v) is 16.7. The molecule has 0 saturated heterocycles. The normalized spacial score (nSPS) is 13.0. The lowest BCUT2D eigenvalue weighted by atomic mass is 10.2. The van der Waals surface area contributed by atoms with Crippen LogP contribution in [0.15, 0.2) is 60.7 Å². The summed E-state index contributed by atoms with van der Waals surface area (Å²) in [6.07, 6.45) is 0. The minimum atomic E-state index is -2.43. The SMILES string of the molecule is CC(C)(C#C[Si](C)(C)C)O[Si](c1ccccc1)(c1ccccc1)[Si](C)(C)C. The summed E-state index contributed by atoms with van der Waals surface area (Å²) in [5, 5.41) is 2.72. The average Bonchev–Trinajstić information content (AvgIpc) is 2.58. The Morgan fingerprint density at radius 1 is 0.704 bits per heavy atom. The van der Waals surface area contributed by atoms with Crippen LogP contribution in [0.5, 0.6) is 0 Å². The van der Waals surface area contributed by atoms with Crippen LogP contribution in [-0.4, -0.2) is 29.1 Å². The van der Waals surface area contributed by atoms with Gasteiger partial charge in [-0.1, -0.05) is 106 Å². The lowest BCUT2D eigenvalue weighted by Crippen LogP contribution is -2.76. The van der Waals surface area contributed by atoms with Gasteiger partial charge in [-0.2, -0.15) is 0 Å². The van der Waals surface area contributed by atoms with Crippen molar-refractivity contribution in [2.75, 3.05) is 0 Å². The summed E-state index contributed by atoms with van der Waals surface area (Å²) in [4.78, 5) is 0. The molecule has 144 valence electrons. The first kappa shape index (κ1) is 21.9. The van der Waals surface area contributed by atoms with Crippen LogP contribution < -0.4 is 10.4 Å². The van der Waals surface area contributed by atoms with Crippen molar-refractivity contribution >= 4 is 33.9 Å². The van der Waals surface area contributed by atoms with Crippen molar-refractivity contribution in [3.05, 3.63) is 60.7 Å². The molecular formula is C23H34OSi3. The number of rotatable bonds is 5. The van der Waals surface area contributed by atoms with Gasteiger partial charge in [-0.15, -0.1) is 5.54 Å². The van der Waals surface area contributed by atoms with Crippen LogP contribution >= 0.6 is 0 Å². The summed E-state index contributed by atoms with van der Waals surface area (Å²) in [6, 6.07) is 21.8. The molecule has 0 saturated carbocycles. The quantitative estimate of drug-likeness (QED) is 0.506. The molecule has 0 aliphatic carbocycles. The Morgan fingerprint density at radius 3 is 1.44 bits per heavy atom. The van der Waals surface area contributed by atoms with Gasteiger partial charge in [-0.3, -0.25) is 0 Å². The third kappa shape index (κ3) is 5.32. The second-order valence-corrected chi connectivity index (χ2v) is 28.4. The van der Waals surface area contributed by atoms with E-state index < -0.39 is 29.1 Å². The van der Waals surface area contributed by atoms with Crippen LogP contribution in [-0.2, 0) is 4.43 Å². The molecule has 0 aliphatic rings. The van der Waals surface area contributed by atoms with E-state index in [0.717, 1.165) is 0 Å². The molecule has 2 aromatic carbocycles. The monoisotopic (exact) mass is 410 g/mol. The third-order valence-corrected chi connectivity index (χ3v) is 19.0. The maximum Gasteiger partial charge on any atom is 0.241 e. The molecule has 0 heterocycles. The Labute approximate surface area is 169 Å². The first-order valence-electron chi connectivity index (χ1n) is 9.73. The zero-order valence-corrected chi connectivity index (χ0v) is 21.2. The van der Waals surface area contributed by atoms with Crippen LogP contribution in [0.4, 0.5) is 0 Å². The van der Waals surface area contributed by atoms with Crippen molar-refractivity contribution in [1.29, 1.82) is 0 Å². The van der Waals surface area contributed by atoms with Crippen LogP contribution in [0.2, 0.25) is 39.3 Å². The van der Waals surface area contributed by atoms with E-state index in [0.29, 0.717) is 0 Å². The van der Waals surface area contributed by atoms with Crippen LogP contribution in [0.1, 0.15) is 13.8 Å². The number of hydrogen-bond acceptors (Lipinski definition) is 1. The van der Waals surface area contributed by atoms with Gasteiger partial charge in [-0.25, -0.2) is 0 Å². The van der Waals surface area contributed by atoms with Gasteiger partial charge in [0, 0.05) is 0 Å². The zero-order valence-electron chi connectivity index (χ0n) is 18.2. The Kier molecular flexibility index (Phi) is 6.43. The van der Waals surface area contributed by atoms with Gasteiger partial charge in [-0.05, 0) is 24.2 Å². The van der Waals surface area contributed by atoms with E-state index in [4.69, 9.17) is 4.43 Å². The molecule has 2 aromatic rings. The molecule has 0 bridgehead atoms. The lowest BCUT2D eigenvalue weighted by molar-refractivity contribution is 0.174. The molecule has 4 heteroatoms. The maximum atomic E-state index is 7.21. The van der Waals surface area contributed by atoms with Crippen molar-refractivity contribution in [1.82, 2.24) is 0 Å². The van der Waals surface area contributed by atoms with Gasteiger partial charge in [0.2, 0.25) is 7.83 Å². The molecule has 0 N–H and O–H groups in total. The highest BCUT2D eigenvalue weighted by Gasteiger charge is 2.53. The Bertz CT molecular complexity index is 764. The molecule has 0 amide bonds. The molecule has 0 atom stereocenters. The molecule has 0 radical (unpaired) electrons. The van der Waals surface area contributed by atoms with Crippen molar-refractivity contribution in [2.45, 2.75) is 58.7 Å². The fraction of sp³-hybridized carbons (Fsp3) is 0.391. The van der Waals surface area contributed by atoms with Gasteiger partial charge < -0.3 is 4.43 Å². The van der Waals surface area contributed by atoms with Crippen molar-refractivity contribution in [3.8, 4) is 11.5 Å². The minimum absolute atomic E-state index is 0.474. The van der Waals surface area contributed by atoms with E-state index in [-0.39, 0.29) is 0 Å². The van der Waals surface area contributed by atoms with Gasteiger partial charge in [0.1, 0.15) is 13.7 Å². The molecule has 27 heavy (non-hydrogen) atoms. The van der Waals surface area contributed by atoms with Gasteiger partial charge in [0.15, 0.2) is 0 Å². The van der Waals surface area contributed by atoms with Crippen molar-refractivity contribution in [2.24, 2.45) is 0 Å². The molecule has 0 aromatic heterocycles. The lowest BCUT2D eigenvalue weighted by Gasteiger charge is -2.45. The number of benzene rings is 2. The van der Waals surface area contributed by atoms with Crippen LogP contribution in [0, 0.1) is 11.5 Å². The van der Waals surface area contributed by atoms with E-state index in [9.17, 15) is 0 Å². The Hall–Kier alpha value is -1.39.